The second-order valence-electron chi connectivity index (χ2n) is 3.39. The Hall–Kier alpha value is -1.11. The maximum Gasteiger partial charge on any atom is 0.237 e. The van der Waals surface area contributed by atoms with Crippen molar-refractivity contribution >= 4 is 17.7 Å². The summed E-state index contributed by atoms with van der Waals surface area (Å²) < 4.78 is 12.9. The fraction of sp³-hybridized carbons (Fsp3) is 0.300. The molecule has 1 aliphatic heterocycles. The maximum absolute atomic E-state index is 12.9. The summed E-state index contributed by atoms with van der Waals surface area (Å²) >= 11 is 1.49. The standard InChI is InChI=1S/C10H12FN3OS/c11-8-3-1-2-7(4-8)6-16-10-13-9(15)5-12-14-10/h1-4,10,12,14H,5-6H2,(H,13,15). The second kappa shape index (κ2) is 5.29. The van der Waals surface area contributed by atoms with Crippen molar-refractivity contribution in [2.45, 2.75) is 11.3 Å². The van der Waals surface area contributed by atoms with E-state index in [0.29, 0.717) is 5.75 Å². The van der Waals surface area contributed by atoms with Crippen molar-refractivity contribution in [3.8, 4) is 0 Å². The predicted molar refractivity (Wildman–Crippen MR) is 60.8 cm³/mol. The fourth-order valence-electron chi connectivity index (χ4n) is 1.35. The van der Waals surface area contributed by atoms with Crippen molar-refractivity contribution in [2.75, 3.05) is 6.54 Å². The van der Waals surface area contributed by atoms with Crippen LogP contribution in [0.4, 0.5) is 4.39 Å². The molecule has 0 bridgehead atoms. The highest BCUT2D eigenvalue weighted by atomic mass is 32.2. The molecule has 1 aromatic rings. The van der Waals surface area contributed by atoms with Crippen molar-refractivity contribution in [1.29, 1.82) is 0 Å². The van der Waals surface area contributed by atoms with Gasteiger partial charge in [0.15, 0.2) is 0 Å². The van der Waals surface area contributed by atoms with Crippen molar-refractivity contribution in [3.63, 3.8) is 0 Å². The van der Waals surface area contributed by atoms with E-state index in [2.05, 4.69) is 16.2 Å². The molecule has 1 unspecified atom stereocenters. The number of hydrazine groups is 1. The Kier molecular flexibility index (Phi) is 3.76. The summed E-state index contributed by atoms with van der Waals surface area (Å²) in [5, 5.41) is 2.76. The number of halogens is 1. The Balaban J connectivity index is 1.85. The van der Waals surface area contributed by atoms with E-state index in [0.717, 1.165) is 5.56 Å². The van der Waals surface area contributed by atoms with Crippen LogP contribution in [0.2, 0.25) is 0 Å². The van der Waals surface area contributed by atoms with E-state index in [-0.39, 0.29) is 23.8 Å². The van der Waals surface area contributed by atoms with Crippen LogP contribution in [-0.2, 0) is 10.5 Å². The Morgan fingerprint density at radius 3 is 3.12 bits per heavy atom. The van der Waals surface area contributed by atoms with Crippen LogP contribution in [0.1, 0.15) is 5.56 Å². The highest BCUT2D eigenvalue weighted by Crippen LogP contribution is 2.15. The van der Waals surface area contributed by atoms with Crippen LogP contribution in [-0.4, -0.2) is 17.9 Å². The van der Waals surface area contributed by atoms with Gasteiger partial charge in [0.05, 0.1) is 6.54 Å². The molecule has 1 aliphatic rings. The number of nitrogens with one attached hydrogen (secondary N) is 3. The molecule has 1 aromatic carbocycles. The van der Waals surface area contributed by atoms with E-state index < -0.39 is 0 Å². The zero-order chi connectivity index (χ0) is 11.4. The van der Waals surface area contributed by atoms with E-state index in [9.17, 15) is 9.18 Å². The van der Waals surface area contributed by atoms with Crippen molar-refractivity contribution in [2.24, 2.45) is 0 Å². The molecule has 1 amide bonds. The molecule has 0 aliphatic carbocycles. The first kappa shape index (κ1) is 11.4. The molecule has 1 heterocycles. The largest absolute Gasteiger partial charge is 0.330 e. The molecule has 1 atom stereocenters. The first-order valence-corrected chi connectivity index (χ1v) is 5.93. The molecule has 4 nitrogen and oxygen atoms in total. The number of hydrogen-bond donors (Lipinski definition) is 3. The van der Waals surface area contributed by atoms with Gasteiger partial charge in [0.2, 0.25) is 5.91 Å². The Morgan fingerprint density at radius 1 is 1.50 bits per heavy atom. The summed E-state index contributed by atoms with van der Waals surface area (Å²) in [5.41, 5.74) is 6.42. The van der Waals surface area contributed by atoms with Gasteiger partial charge in [-0.1, -0.05) is 12.1 Å². The molecule has 3 N–H and O–H groups in total. The topological polar surface area (TPSA) is 53.2 Å². The Bertz CT molecular complexity index is 388. The quantitative estimate of drug-likeness (QED) is 0.724. The van der Waals surface area contributed by atoms with Crippen LogP contribution < -0.4 is 16.2 Å². The van der Waals surface area contributed by atoms with Gasteiger partial charge in [0, 0.05) is 5.75 Å². The summed E-state index contributed by atoms with van der Waals surface area (Å²) in [5.74, 6) is 0.351. The van der Waals surface area contributed by atoms with Crippen molar-refractivity contribution in [3.05, 3.63) is 35.6 Å². The normalized spacial score (nSPS) is 20.6. The van der Waals surface area contributed by atoms with E-state index >= 15 is 0 Å². The van der Waals surface area contributed by atoms with E-state index in [1.807, 2.05) is 6.07 Å². The number of rotatable bonds is 3. The summed E-state index contributed by atoms with van der Waals surface area (Å²) in [6.45, 7) is 0.275. The fourth-order valence-corrected chi connectivity index (χ4v) is 2.27. The van der Waals surface area contributed by atoms with Crippen molar-refractivity contribution < 1.29 is 9.18 Å². The Labute approximate surface area is 97.0 Å². The van der Waals surface area contributed by atoms with Crippen LogP contribution in [0.15, 0.2) is 24.3 Å². The lowest BCUT2D eigenvalue weighted by molar-refractivity contribution is -0.122. The van der Waals surface area contributed by atoms with Crippen LogP contribution in [0.5, 0.6) is 0 Å². The minimum atomic E-state index is -0.239. The monoisotopic (exact) mass is 241 g/mol. The highest BCUT2D eigenvalue weighted by molar-refractivity contribution is 7.99. The zero-order valence-electron chi connectivity index (χ0n) is 8.50. The van der Waals surface area contributed by atoms with E-state index in [4.69, 9.17) is 0 Å². The number of amides is 1. The third-order valence-electron chi connectivity index (χ3n) is 2.08. The molecule has 6 heteroatoms. The summed E-state index contributed by atoms with van der Waals surface area (Å²) in [7, 11) is 0. The smallest absolute Gasteiger partial charge is 0.237 e. The number of hydrogen-bond acceptors (Lipinski definition) is 4. The van der Waals surface area contributed by atoms with Gasteiger partial charge < -0.3 is 5.32 Å². The lowest BCUT2D eigenvalue weighted by atomic mass is 10.2. The SMILES string of the molecule is O=C1CNNC(SCc2cccc(F)c2)N1. The van der Waals surface area contributed by atoms with E-state index in [1.54, 1.807) is 6.07 Å². The van der Waals surface area contributed by atoms with Gasteiger partial charge >= 0.3 is 0 Å². The third-order valence-corrected chi connectivity index (χ3v) is 3.15. The van der Waals surface area contributed by atoms with Crippen LogP contribution >= 0.6 is 11.8 Å². The molecule has 86 valence electrons. The second-order valence-corrected chi connectivity index (χ2v) is 4.48. The Morgan fingerprint density at radius 2 is 2.38 bits per heavy atom. The maximum atomic E-state index is 12.9. The van der Waals surface area contributed by atoms with Gasteiger partial charge in [-0.15, -0.1) is 11.8 Å². The highest BCUT2D eigenvalue weighted by Gasteiger charge is 2.16. The molecular weight excluding hydrogens is 229 g/mol. The van der Waals surface area contributed by atoms with Gasteiger partial charge in [-0.2, -0.15) is 0 Å². The zero-order valence-corrected chi connectivity index (χ0v) is 9.31. The lowest BCUT2D eigenvalue weighted by Crippen LogP contribution is -2.58. The van der Waals surface area contributed by atoms with Crippen LogP contribution in [0.25, 0.3) is 0 Å². The van der Waals surface area contributed by atoms with Gasteiger partial charge in [-0.3, -0.25) is 4.79 Å². The third kappa shape index (κ3) is 3.19. The lowest BCUT2D eigenvalue weighted by Gasteiger charge is -2.24. The van der Waals surface area contributed by atoms with Crippen LogP contribution in [0.3, 0.4) is 0 Å². The molecule has 0 saturated carbocycles. The average molecular weight is 241 g/mol. The number of carbonyl (C=O) groups excluding carboxylic acids is 1. The molecule has 2 rings (SSSR count). The molecule has 1 saturated heterocycles. The summed E-state index contributed by atoms with van der Waals surface area (Å²) in [6.07, 6.45) is 0. The van der Waals surface area contributed by atoms with Crippen LogP contribution in [0, 0.1) is 5.82 Å². The minimum absolute atomic E-state index is 0.0458. The van der Waals surface area contributed by atoms with Gasteiger partial charge in [-0.05, 0) is 17.7 Å². The summed E-state index contributed by atoms with van der Waals surface area (Å²) in [6, 6.07) is 6.44. The number of carbonyl (C=O) groups is 1. The number of thioether (sulfide) groups is 1. The predicted octanol–water partition coefficient (Wildman–Crippen LogP) is 0.567. The number of benzene rings is 1. The van der Waals surface area contributed by atoms with Gasteiger partial charge in [0.25, 0.3) is 0 Å². The van der Waals surface area contributed by atoms with Gasteiger partial charge in [-0.25, -0.2) is 15.2 Å². The van der Waals surface area contributed by atoms with Crippen molar-refractivity contribution in [1.82, 2.24) is 16.2 Å². The summed E-state index contributed by atoms with van der Waals surface area (Å²) in [4.78, 5) is 11.1. The molecule has 1 fully saturated rings. The average Bonchev–Trinajstić information content (AvgIpc) is 2.27. The molecule has 0 radical (unpaired) electrons. The minimum Gasteiger partial charge on any atom is -0.330 e. The molecular formula is C10H12FN3OS. The first-order valence-electron chi connectivity index (χ1n) is 4.88. The molecule has 0 spiro atoms. The molecule has 0 aromatic heterocycles. The first-order chi connectivity index (χ1) is 7.74. The van der Waals surface area contributed by atoms with E-state index in [1.165, 1.54) is 23.9 Å². The van der Waals surface area contributed by atoms with Gasteiger partial charge in [0.1, 0.15) is 11.3 Å². The molecule has 16 heavy (non-hydrogen) atoms.